The van der Waals surface area contributed by atoms with E-state index in [1.165, 1.54) is 7.11 Å². The summed E-state index contributed by atoms with van der Waals surface area (Å²) in [5.41, 5.74) is 3.74. The van der Waals surface area contributed by atoms with Crippen LogP contribution in [0.3, 0.4) is 0 Å². The Morgan fingerprint density at radius 3 is 2.60 bits per heavy atom. The number of carbonyl (C=O) groups excluding carboxylic acids is 2. The topological polar surface area (TPSA) is 96.7 Å². The van der Waals surface area contributed by atoms with Crippen LogP contribution in [-0.4, -0.2) is 40.5 Å². The van der Waals surface area contributed by atoms with Crippen LogP contribution in [0.5, 0.6) is 0 Å². The van der Waals surface area contributed by atoms with E-state index < -0.39 is 5.97 Å². The molecule has 1 aliphatic heterocycles. The maximum atomic E-state index is 13.0. The number of para-hydroxylation sites is 1. The van der Waals surface area contributed by atoms with Crippen molar-refractivity contribution in [3.63, 3.8) is 0 Å². The summed E-state index contributed by atoms with van der Waals surface area (Å²) in [6.45, 7) is 2.43. The SMILES string of the molecule is CCc1ccccc1NC(=O)CCN1C(=S)NC(c2ccccn2)C1c1ccc(-c2ccccc2C(=O)OC)o1. The summed E-state index contributed by atoms with van der Waals surface area (Å²) >= 11 is 5.74. The number of thiocarbonyl (C=S) groups is 1. The van der Waals surface area contributed by atoms with Crippen molar-refractivity contribution < 1.29 is 18.7 Å². The number of carbonyl (C=O) groups is 2. The van der Waals surface area contributed by atoms with Crippen molar-refractivity contribution >= 4 is 34.9 Å². The Morgan fingerprint density at radius 1 is 1.05 bits per heavy atom. The van der Waals surface area contributed by atoms with Gasteiger partial charge < -0.3 is 24.7 Å². The van der Waals surface area contributed by atoms with Crippen molar-refractivity contribution in [3.8, 4) is 11.3 Å². The quantitative estimate of drug-likeness (QED) is 0.201. The molecule has 1 saturated heterocycles. The molecule has 2 unspecified atom stereocenters. The van der Waals surface area contributed by atoms with E-state index in [9.17, 15) is 9.59 Å². The van der Waals surface area contributed by atoms with Gasteiger partial charge in [-0.2, -0.15) is 0 Å². The summed E-state index contributed by atoms with van der Waals surface area (Å²) in [5, 5.41) is 6.92. The second-order valence-corrected chi connectivity index (χ2v) is 9.75. The first-order chi connectivity index (χ1) is 19.5. The van der Waals surface area contributed by atoms with Crippen LogP contribution in [0.4, 0.5) is 5.69 Å². The lowest BCUT2D eigenvalue weighted by atomic mass is 10.0. The average molecular weight is 555 g/mol. The standard InChI is InChI=1S/C31H30N4O4S/c1-3-20-10-4-7-13-23(20)33-27(36)17-19-35-29(28(34-31(35)40)24-14-8-9-18-32-24)26-16-15-25(39-26)21-11-5-6-12-22(21)30(37)38-2/h4-16,18,28-29H,3,17,19H2,1-2H3,(H,33,36)(H,34,40). The van der Waals surface area contributed by atoms with Crippen molar-refractivity contribution in [1.29, 1.82) is 0 Å². The van der Waals surface area contributed by atoms with E-state index in [0.717, 1.165) is 23.4 Å². The summed E-state index contributed by atoms with van der Waals surface area (Å²) in [6, 6.07) is 23.7. The Kier molecular flexibility index (Phi) is 8.21. The van der Waals surface area contributed by atoms with Gasteiger partial charge in [0.2, 0.25) is 5.91 Å². The second-order valence-electron chi connectivity index (χ2n) is 9.37. The van der Waals surface area contributed by atoms with Crippen LogP contribution < -0.4 is 10.6 Å². The van der Waals surface area contributed by atoms with E-state index in [0.29, 0.717) is 34.3 Å². The molecule has 0 bridgehead atoms. The van der Waals surface area contributed by atoms with Crippen LogP contribution >= 0.6 is 12.2 Å². The molecule has 2 aromatic heterocycles. The van der Waals surface area contributed by atoms with Crippen molar-refractivity contribution in [2.45, 2.75) is 31.8 Å². The minimum atomic E-state index is -0.444. The average Bonchev–Trinajstić information content (AvgIpc) is 3.60. The van der Waals surface area contributed by atoms with Gasteiger partial charge in [-0.1, -0.05) is 49.4 Å². The number of furan rings is 1. The number of esters is 1. The van der Waals surface area contributed by atoms with E-state index in [4.69, 9.17) is 21.4 Å². The largest absolute Gasteiger partial charge is 0.465 e. The molecule has 0 saturated carbocycles. The molecule has 2 N–H and O–H groups in total. The summed E-state index contributed by atoms with van der Waals surface area (Å²) in [4.78, 5) is 31.9. The van der Waals surface area contributed by atoms with Crippen LogP contribution in [0.2, 0.25) is 0 Å². The Hall–Kier alpha value is -4.50. The molecule has 2 atom stereocenters. The van der Waals surface area contributed by atoms with Gasteiger partial charge >= 0.3 is 5.97 Å². The van der Waals surface area contributed by atoms with Crippen molar-refractivity contribution in [1.82, 2.24) is 15.2 Å². The van der Waals surface area contributed by atoms with E-state index >= 15 is 0 Å². The molecule has 0 spiro atoms. The highest BCUT2D eigenvalue weighted by molar-refractivity contribution is 7.80. The number of anilines is 1. The van der Waals surface area contributed by atoms with Gasteiger partial charge in [0.15, 0.2) is 5.11 Å². The van der Waals surface area contributed by atoms with Crippen LogP contribution in [-0.2, 0) is 16.0 Å². The van der Waals surface area contributed by atoms with Gasteiger partial charge in [-0.3, -0.25) is 9.78 Å². The number of hydrogen-bond donors (Lipinski definition) is 2. The Morgan fingerprint density at radius 2 is 1.82 bits per heavy atom. The third-order valence-electron chi connectivity index (χ3n) is 6.97. The lowest BCUT2D eigenvalue weighted by Gasteiger charge is -2.26. The number of amides is 1. The van der Waals surface area contributed by atoms with E-state index in [-0.39, 0.29) is 24.4 Å². The van der Waals surface area contributed by atoms with Gasteiger partial charge in [0, 0.05) is 30.4 Å². The molecule has 1 fully saturated rings. The zero-order valence-corrected chi connectivity index (χ0v) is 23.1. The first kappa shape index (κ1) is 27.1. The number of aromatic nitrogens is 1. The molecule has 3 heterocycles. The predicted octanol–water partition coefficient (Wildman–Crippen LogP) is 5.69. The Bertz CT molecular complexity index is 1520. The first-order valence-electron chi connectivity index (χ1n) is 13.1. The van der Waals surface area contributed by atoms with Gasteiger partial charge in [-0.15, -0.1) is 0 Å². The number of nitrogens with one attached hydrogen (secondary N) is 2. The molecule has 8 nitrogen and oxygen atoms in total. The van der Waals surface area contributed by atoms with Crippen molar-refractivity contribution in [2.75, 3.05) is 19.0 Å². The fourth-order valence-electron chi connectivity index (χ4n) is 4.98. The summed E-state index contributed by atoms with van der Waals surface area (Å²) in [6.07, 6.45) is 2.78. The van der Waals surface area contributed by atoms with Crippen LogP contribution in [0.1, 0.15) is 52.8 Å². The number of aryl methyl sites for hydroxylation is 1. The fourth-order valence-corrected chi connectivity index (χ4v) is 5.31. The van der Waals surface area contributed by atoms with E-state index in [1.807, 2.05) is 71.6 Å². The van der Waals surface area contributed by atoms with Gasteiger partial charge in [0.1, 0.15) is 17.6 Å². The molecule has 2 aromatic carbocycles. The lowest BCUT2D eigenvalue weighted by Crippen LogP contribution is -2.32. The summed E-state index contributed by atoms with van der Waals surface area (Å²) in [5.74, 6) is 0.619. The minimum Gasteiger partial charge on any atom is -0.465 e. The maximum absolute atomic E-state index is 13.0. The molecular formula is C31H30N4O4S. The van der Waals surface area contributed by atoms with Gasteiger partial charge in [0.25, 0.3) is 0 Å². The van der Waals surface area contributed by atoms with Crippen LogP contribution in [0, 0.1) is 0 Å². The zero-order valence-electron chi connectivity index (χ0n) is 22.3. The van der Waals surface area contributed by atoms with Crippen molar-refractivity contribution in [3.05, 3.63) is 108 Å². The number of hydrogen-bond acceptors (Lipinski definition) is 6. The molecule has 9 heteroatoms. The minimum absolute atomic E-state index is 0.101. The lowest BCUT2D eigenvalue weighted by molar-refractivity contribution is -0.116. The number of nitrogens with zero attached hydrogens (tertiary/aromatic N) is 2. The van der Waals surface area contributed by atoms with Gasteiger partial charge in [-0.05, 0) is 60.6 Å². The highest BCUT2D eigenvalue weighted by Gasteiger charge is 2.41. The summed E-state index contributed by atoms with van der Waals surface area (Å²) < 4.78 is 11.3. The maximum Gasteiger partial charge on any atom is 0.338 e. The van der Waals surface area contributed by atoms with Gasteiger partial charge in [0.05, 0.1) is 24.4 Å². The molecular weight excluding hydrogens is 524 g/mol. The normalized spacial score (nSPS) is 16.4. The molecule has 40 heavy (non-hydrogen) atoms. The molecule has 5 rings (SSSR count). The highest BCUT2D eigenvalue weighted by Crippen LogP contribution is 2.41. The monoisotopic (exact) mass is 554 g/mol. The van der Waals surface area contributed by atoms with Gasteiger partial charge in [-0.25, -0.2) is 4.79 Å². The van der Waals surface area contributed by atoms with Crippen LogP contribution in [0.15, 0.2) is 89.5 Å². The number of ether oxygens (including phenoxy) is 1. The molecule has 0 radical (unpaired) electrons. The molecule has 0 aliphatic carbocycles. The molecule has 1 amide bonds. The molecule has 4 aromatic rings. The second kappa shape index (κ2) is 12.1. The zero-order chi connectivity index (χ0) is 28.1. The van der Waals surface area contributed by atoms with E-state index in [1.54, 1.807) is 18.3 Å². The fraction of sp³-hybridized carbons (Fsp3) is 0.226. The van der Waals surface area contributed by atoms with Crippen molar-refractivity contribution in [2.24, 2.45) is 0 Å². The summed E-state index contributed by atoms with van der Waals surface area (Å²) in [7, 11) is 1.35. The number of benzene rings is 2. The third-order valence-corrected chi connectivity index (χ3v) is 7.32. The molecule has 204 valence electrons. The van der Waals surface area contributed by atoms with Crippen LogP contribution in [0.25, 0.3) is 11.3 Å². The van der Waals surface area contributed by atoms with E-state index in [2.05, 4.69) is 22.5 Å². The first-order valence-corrected chi connectivity index (χ1v) is 13.5. The Labute approximate surface area is 238 Å². The highest BCUT2D eigenvalue weighted by atomic mass is 32.1. The third kappa shape index (κ3) is 5.60. The smallest absolute Gasteiger partial charge is 0.338 e. The number of rotatable bonds is 9. The molecule has 1 aliphatic rings. The number of pyridine rings is 1. The number of methoxy groups -OCH3 is 1. The Balaban J connectivity index is 1.43. The predicted molar refractivity (Wildman–Crippen MR) is 157 cm³/mol.